The van der Waals surface area contributed by atoms with Crippen LogP contribution in [0.1, 0.15) is 6.92 Å². The number of pyridine rings is 1. The monoisotopic (exact) mass is 298 g/mol. The third-order valence-corrected chi connectivity index (χ3v) is 3.89. The standard InChI is InChI=1S/C15H14N4OS/c1-2-16-15-19-18-14(21-15)11-8-9-12(17-13(11)20)10-6-4-3-5-7-10/h3-9H,2H2,1H3,(H,16,19)(H,17,20). The summed E-state index contributed by atoms with van der Waals surface area (Å²) in [6.07, 6.45) is 0. The molecule has 0 saturated carbocycles. The lowest BCUT2D eigenvalue weighted by Crippen LogP contribution is -2.09. The number of anilines is 1. The van der Waals surface area contributed by atoms with E-state index in [1.54, 1.807) is 6.07 Å². The molecule has 3 rings (SSSR count). The van der Waals surface area contributed by atoms with Crippen molar-refractivity contribution >= 4 is 16.5 Å². The fraction of sp³-hybridized carbons (Fsp3) is 0.133. The van der Waals surface area contributed by atoms with Crippen molar-refractivity contribution in [3.05, 3.63) is 52.8 Å². The van der Waals surface area contributed by atoms with Gasteiger partial charge >= 0.3 is 0 Å². The van der Waals surface area contributed by atoms with Crippen LogP contribution in [-0.4, -0.2) is 21.7 Å². The summed E-state index contributed by atoms with van der Waals surface area (Å²) in [5.41, 5.74) is 2.15. The quantitative estimate of drug-likeness (QED) is 0.777. The van der Waals surface area contributed by atoms with E-state index in [4.69, 9.17) is 0 Å². The second-order valence-electron chi connectivity index (χ2n) is 4.42. The lowest BCUT2D eigenvalue weighted by molar-refractivity contribution is 1.07. The van der Waals surface area contributed by atoms with Gasteiger partial charge < -0.3 is 10.3 Å². The molecule has 0 aliphatic heterocycles. The Kier molecular flexibility index (Phi) is 3.79. The summed E-state index contributed by atoms with van der Waals surface area (Å²) in [5.74, 6) is 0. The van der Waals surface area contributed by atoms with Gasteiger partial charge in [0.15, 0.2) is 5.01 Å². The molecular weight excluding hydrogens is 284 g/mol. The normalized spacial score (nSPS) is 10.5. The number of H-pyrrole nitrogens is 1. The summed E-state index contributed by atoms with van der Waals surface area (Å²) in [6.45, 7) is 2.76. The highest BCUT2D eigenvalue weighted by molar-refractivity contribution is 7.18. The zero-order valence-electron chi connectivity index (χ0n) is 11.5. The van der Waals surface area contributed by atoms with E-state index >= 15 is 0 Å². The van der Waals surface area contributed by atoms with Crippen molar-refractivity contribution in [2.75, 3.05) is 11.9 Å². The molecular formula is C15H14N4OS. The van der Waals surface area contributed by atoms with E-state index in [1.165, 1.54) is 11.3 Å². The number of aromatic nitrogens is 3. The Labute approximate surface area is 125 Å². The van der Waals surface area contributed by atoms with E-state index in [-0.39, 0.29) is 5.56 Å². The smallest absolute Gasteiger partial charge is 0.258 e. The third-order valence-electron chi connectivity index (χ3n) is 2.98. The average Bonchev–Trinajstić information content (AvgIpc) is 2.97. The van der Waals surface area contributed by atoms with Crippen molar-refractivity contribution in [3.63, 3.8) is 0 Å². The second-order valence-corrected chi connectivity index (χ2v) is 5.40. The van der Waals surface area contributed by atoms with Gasteiger partial charge in [0, 0.05) is 12.2 Å². The predicted molar refractivity (Wildman–Crippen MR) is 85.6 cm³/mol. The summed E-state index contributed by atoms with van der Waals surface area (Å²) < 4.78 is 0. The molecule has 0 saturated heterocycles. The van der Waals surface area contributed by atoms with Crippen LogP contribution in [0.3, 0.4) is 0 Å². The third kappa shape index (κ3) is 2.85. The van der Waals surface area contributed by atoms with Crippen molar-refractivity contribution in [3.8, 4) is 21.8 Å². The molecule has 0 aliphatic carbocycles. The maximum absolute atomic E-state index is 12.2. The van der Waals surface area contributed by atoms with Gasteiger partial charge in [-0.3, -0.25) is 4.79 Å². The van der Waals surface area contributed by atoms with Gasteiger partial charge in [-0.15, -0.1) is 10.2 Å². The molecule has 0 aliphatic rings. The van der Waals surface area contributed by atoms with E-state index in [0.717, 1.165) is 22.9 Å². The minimum Gasteiger partial charge on any atom is -0.360 e. The predicted octanol–water partition coefficient (Wildman–Crippen LogP) is 2.99. The highest BCUT2D eigenvalue weighted by Gasteiger charge is 2.10. The van der Waals surface area contributed by atoms with Gasteiger partial charge in [-0.05, 0) is 24.6 Å². The van der Waals surface area contributed by atoms with Crippen molar-refractivity contribution < 1.29 is 0 Å². The zero-order valence-corrected chi connectivity index (χ0v) is 12.3. The topological polar surface area (TPSA) is 70.7 Å². The Balaban J connectivity index is 1.96. The van der Waals surface area contributed by atoms with E-state index < -0.39 is 0 Å². The number of aromatic amines is 1. The molecule has 2 aromatic heterocycles. The molecule has 0 fully saturated rings. The fourth-order valence-electron chi connectivity index (χ4n) is 1.98. The Morgan fingerprint density at radius 1 is 1.14 bits per heavy atom. The largest absolute Gasteiger partial charge is 0.360 e. The maximum Gasteiger partial charge on any atom is 0.258 e. The van der Waals surface area contributed by atoms with Crippen LogP contribution < -0.4 is 10.9 Å². The first-order valence-corrected chi connectivity index (χ1v) is 7.46. The Morgan fingerprint density at radius 2 is 1.95 bits per heavy atom. The number of hydrogen-bond donors (Lipinski definition) is 2. The van der Waals surface area contributed by atoms with E-state index in [9.17, 15) is 4.79 Å². The molecule has 2 N–H and O–H groups in total. The van der Waals surface area contributed by atoms with Crippen LogP contribution in [0, 0.1) is 0 Å². The molecule has 2 heterocycles. The fourth-order valence-corrected chi connectivity index (χ4v) is 2.82. The maximum atomic E-state index is 12.2. The van der Waals surface area contributed by atoms with Gasteiger partial charge in [-0.2, -0.15) is 0 Å². The molecule has 0 atom stereocenters. The van der Waals surface area contributed by atoms with Gasteiger partial charge in [0.2, 0.25) is 5.13 Å². The molecule has 21 heavy (non-hydrogen) atoms. The van der Waals surface area contributed by atoms with Crippen molar-refractivity contribution in [1.29, 1.82) is 0 Å². The summed E-state index contributed by atoms with van der Waals surface area (Å²) in [5, 5.41) is 12.5. The second kappa shape index (κ2) is 5.88. The van der Waals surface area contributed by atoms with Crippen LogP contribution in [0.15, 0.2) is 47.3 Å². The first kappa shape index (κ1) is 13.5. The lowest BCUT2D eigenvalue weighted by atomic mass is 10.1. The molecule has 5 nitrogen and oxygen atoms in total. The SMILES string of the molecule is CCNc1nnc(-c2ccc(-c3ccccc3)[nH]c2=O)s1. The molecule has 0 unspecified atom stereocenters. The molecule has 0 bridgehead atoms. The number of nitrogens with one attached hydrogen (secondary N) is 2. The zero-order chi connectivity index (χ0) is 14.7. The van der Waals surface area contributed by atoms with Crippen LogP contribution >= 0.6 is 11.3 Å². The summed E-state index contributed by atoms with van der Waals surface area (Å²) in [4.78, 5) is 15.1. The highest BCUT2D eigenvalue weighted by atomic mass is 32.1. The lowest BCUT2D eigenvalue weighted by Gasteiger charge is -2.02. The van der Waals surface area contributed by atoms with Crippen LogP contribution in [-0.2, 0) is 0 Å². The molecule has 0 amide bonds. The van der Waals surface area contributed by atoms with E-state index in [0.29, 0.717) is 10.6 Å². The molecule has 6 heteroatoms. The van der Waals surface area contributed by atoms with Gasteiger partial charge in [-0.25, -0.2) is 0 Å². The van der Waals surface area contributed by atoms with Gasteiger partial charge in [0.05, 0.1) is 5.56 Å². The highest BCUT2D eigenvalue weighted by Crippen LogP contribution is 2.24. The molecule has 3 aromatic rings. The first-order valence-electron chi connectivity index (χ1n) is 6.64. The van der Waals surface area contributed by atoms with Gasteiger partial charge in [-0.1, -0.05) is 41.7 Å². The Morgan fingerprint density at radius 3 is 2.67 bits per heavy atom. The Bertz CT molecular complexity index is 795. The number of nitrogens with zero attached hydrogens (tertiary/aromatic N) is 2. The summed E-state index contributed by atoms with van der Waals surface area (Å²) >= 11 is 1.37. The van der Waals surface area contributed by atoms with Crippen molar-refractivity contribution in [1.82, 2.24) is 15.2 Å². The van der Waals surface area contributed by atoms with Gasteiger partial charge in [0.25, 0.3) is 5.56 Å². The summed E-state index contributed by atoms with van der Waals surface area (Å²) in [6, 6.07) is 13.4. The number of rotatable bonds is 4. The van der Waals surface area contributed by atoms with Crippen LogP contribution in [0.25, 0.3) is 21.8 Å². The molecule has 0 spiro atoms. The summed E-state index contributed by atoms with van der Waals surface area (Å²) in [7, 11) is 0. The molecule has 0 radical (unpaired) electrons. The van der Waals surface area contributed by atoms with E-state index in [1.807, 2.05) is 43.3 Å². The average molecular weight is 298 g/mol. The number of hydrogen-bond acceptors (Lipinski definition) is 5. The van der Waals surface area contributed by atoms with Crippen molar-refractivity contribution in [2.24, 2.45) is 0 Å². The van der Waals surface area contributed by atoms with Crippen LogP contribution in [0.5, 0.6) is 0 Å². The van der Waals surface area contributed by atoms with Crippen LogP contribution in [0.4, 0.5) is 5.13 Å². The van der Waals surface area contributed by atoms with Crippen LogP contribution in [0.2, 0.25) is 0 Å². The van der Waals surface area contributed by atoms with E-state index in [2.05, 4.69) is 20.5 Å². The Hall–Kier alpha value is -2.47. The molecule has 106 valence electrons. The first-order chi connectivity index (χ1) is 10.3. The minimum absolute atomic E-state index is 0.157. The number of benzene rings is 1. The van der Waals surface area contributed by atoms with Crippen molar-refractivity contribution in [2.45, 2.75) is 6.92 Å². The van der Waals surface area contributed by atoms with Gasteiger partial charge in [0.1, 0.15) is 0 Å². The molecule has 1 aromatic carbocycles. The minimum atomic E-state index is -0.157.